The number of nitrogens with zero attached hydrogens (tertiary/aromatic N) is 1. The van der Waals surface area contributed by atoms with Crippen molar-refractivity contribution < 1.29 is 4.42 Å². The summed E-state index contributed by atoms with van der Waals surface area (Å²) in [5, 5.41) is 7.38. The highest BCUT2D eigenvalue weighted by atomic mass is 35.5. The lowest BCUT2D eigenvalue weighted by Crippen LogP contribution is -2.27. The van der Waals surface area contributed by atoms with Crippen LogP contribution in [0.2, 0.25) is 5.02 Å². The van der Waals surface area contributed by atoms with Gasteiger partial charge >= 0.3 is 0 Å². The highest BCUT2D eigenvalue weighted by Crippen LogP contribution is 2.23. The van der Waals surface area contributed by atoms with Gasteiger partial charge in [0.05, 0.1) is 18.4 Å². The molecule has 0 aliphatic heterocycles. The van der Waals surface area contributed by atoms with Crippen molar-refractivity contribution in [1.82, 2.24) is 10.3 Å². The van der Waals surface area contributed by atoms with Gasteiger partial charge in [0.25, 0.3) is 0 Å². The number of thiocarbonyl (C=S) groups is 1. The minimum Gasteiger partial charge on any atom is -0.459 e. The number of rotatable bonds is 4. The summed E-state index contributed by atoms with van der Waals surface area (Å²) in [6.07, 6.45) is 3.42. The number of furan rings is 1. The molecule has 3 aromatic rings. The van der Waals surface area contributed by atoms with Gasteiger partial charge in [0.2, 0.25) is 0 Å². The molecule has 6 heteroatoms. The van der Waals surface area contributed by atoms with Crippen LogP contribution in [0.15, 0.2) is 65.3 Å². The maximum absolute atomic E-state index is 5.89. The SMILES string of the molecule is S=C(NCc1ccc(-c2ccc(Cl)cc2)o1)Nc1cccnc1. The van der Waals surface area contributed by atoms with Crippen molar-refractivity contribution in [3.05, 3.63) is 71.7 Å². The molecule has 3 rings (SSSR count). The van der Waals surface area contributed by atoms with E-state index in [0.717, 1.165) is 22.8 Å². The first kappa shape index (κ1) is 15.5. The molecular formula is C17H14ClN3OS. The third-order valence-electron chi connectivity index (χ3n) is 3.13. The maximum Gasteiger partial charge on any atom is 0.171 e. The molecule has 0 aliphatic rings. The zero-order valence-electron chi connectivity index (χ0n) is 12.1. The first-order valence-corrected chi connectivity index (χ1v) is 7.79. The van der Waals surface area contributed by atoms with Crippen molar-refractivity contribution in [1.29, 1.82) is 0 Å². The van der Waals surface area contributed by atoms with E-state index >= 15 is 0 Å². The number of halogens is 1. The van der Waals surface area contributed by atoms with Gasteiger partial charge < -0.3 is 15.1 Å². The van der Waals surface area contributed by atoms with Crippen LogP contribution in [0.25, 0.3) is 11.3 Å². The van der Waals surface area contributed by atoms with Crippen LogP contribution >= 0.6 is 23.8 Å². The molecule has 2 heterocycles. The van der Waals surface area contributed by atoms with Crippen molar-refractivity contribution in [2.24, 2.45) is 0 Å². The Morgan fingerprint density at radius 1 is 1.13 bits per heavy atom. The van der Waals surface area contributed by atoms with Crippen molar-refractivity contribution in [3.8, 4) is 11.3 Å². The second-order valence-electron chi connectivity index (χ2n) is 4.82. The Morgan fingerprint density at radius 2 is 1.96 bits per heavy atom. The summed E-state index contributed by atoms with van der Waals surface area (Å²) in [5.74, 6) is 1.59. The van der Waals surface area contributed by atoms with E-state index in [-0.39, 0.29) is 0 Å². The molecular weight excluding hydrogens is 330 g/mol. The molecule has 2 N–H and O–H groups in total. The van der Waals surface area contributed by atoms with Crippen LogP contribution in [0.3, 0.4) is 0 Å². The van der Waals surface area contributed by atoms with Gasteiger partial charge in [-0.3, -0.25) is 4.98 Å². The average molecular weight is 344 g/mol. The minimum absolute atomic E-state index is 0.500. The van der Waals surface area contributed by atoms with E-state index in [9.17, 15) is 0 Å². The Morgan fingerprint density at radius 3 is 2.70 bits per heavy atom. The van der Waals surface area contributed by atoms with E-state index in [0.29, 0.717) is 16.7 Å². The predicted octanol–water partition coefficient (Wildman–Crippen LogP) is 4.48. The molecule has 2 aromatic heterocycles. The summed E-state index contributed by atoms with van der Waals surface area (Å²) < 4.78 is 5.80. The molecule has 0 radical (unpaired) electrons. The molecule has 0 atom stereocenters. The Balaban J connectivity index is 1.57. The number of nitrogens with one attached hydrogen (secondary N) is 2. The molecule has 0 fully saturated rings. The molecule has 0 aliphatic carbocycles. The fraction of sp³-hybridized carbons (Fsp3) is 0.0588. The number of hydrogen-bond donors (Lipinski definition) is 2. The molecule has 4 nitrogen and oxygen atoms in total. The zero-order valence-corrected chi connectivity index (χ0v) is 13.7. The summed E-state index contributed by atoms with van der Waals surface area (Å²) in [6.45, 7) is 0.500. The smallest absolute Gasteiger partial charge is 0.171 e. The molecule has 0 spiro atoms. The third-order valence-corrected chi connectivity index (χ3v) is 3.63. The minimum atomic E-state index is 0.500. The summed E-state index contributed by atoms with van der Waals surface area (Å²) >= 11 is 11.1. The topological polar surface area (TPSA) is 50.1 Å². The van der Waals surface area contributed by atoms with Crippen molar-refractivity contribution in [2.45, 2.75) is 6.54 Å². The molecule has 0 unspecified atom stereocenters. The normalized spacial score (nSPS) is 10.3. The van der Waals surface area contributed by atoms with Crippen molar-refractivity contribution >= 4 is 34.6 Å². The third kappa shape index (κ3) is 4.31. The zero-order chi connectivity index (χ0) is 16.1. The van der Waals surface area contributed by atoms with Gasteiger partial charge in [0.15, 0.2) is 5.11 Å². The Labute approximate surface area is 144 Å². The second-order valence-corrected chi connectivity index (χ2v) is 5.67. The molecule has 1 aromatic carbocycles. The fourth-order valence-corrected chi connectivity index (χ4v) is 2.34. The van der Waals surface area contributed by atoms with Gasteiger partial charge in [-0.25, -0.2) is 0 Å². The van der Waals surface area contributed by atoms with Crippen LogP contribution in [-0.4, -0.2) is 10.1 Å². The Hall–Kier alpha value is -2.37. The van der Waals surface area contributed by atoms with Crippen LogP contribution in [0.5, 0.6) is 0 Å². The fourth-order valence-electron chi connectivity index (χ4n) is 2.02. The summed E-state index contributed by atoms with van der Waals surface area (Å²) in [4.78, 5) is 4.02. The lowest BCUT2D eigenvalue weighted by Gasteiger charge is -2.08. The van der Waals surface area contributed by atoms with Crippen LogP contribution in [0.1, 0.15) is 5.76 Å². The van der Waals surface area contributed by atoms with Crippen LogP contribution in [0.4, 0.5) is 5.69 Å². The van der Waals surface area contributed by atoms with E-state index in [4.69, 9.17) is 28.2 Å². The van der Waals surface area contributed by atoms with Crippen LogP contribution in [0, 0.1) is 0 Å². The average Bonchev–Trinajstić information content (AvgIpc) is 3.04. The predicted molar refractivity (Wildman–Crippen MR) is 96.5 cm³/mol. The molecule has 0 saturated carbocycles. The molecule has 0 saturated heterocycles. The summed E-state index contributed by atoms with van der Waals surface area (Å²) in [6, 6.07) is 15.1. The van der Waals surface area contributed by atoms with Gasteiger partial charge in [0, 0.05) is 16.8 Å². The molecule has 0 amide bonds. The largest absolute Gasteiger partial charge is 0.459 e. The highest BCUT2D eigenvalue weighted by molar-refractivity contribution is 7.80. The van der Waals surface area contributed by atoms with Crippen LogP contribution in [-0.2, 0) is 6.54 Å². The first-order chi connectivity index (χ1) is 11.2. The van der Waals surface area contributed by atoms with Crippen LogP contribution < -0.4 is 10.6 Å². The van der Waals surface area contributed by atoms with Gasteiger partial charge in [-0.1, -0.05) is 11.6 Å². The van der Waals surface area contributed by atoms with Gasteiger partial charge in [-0.2, -0.15) is 0 Å². The van der Waals surface area contributed by atoms with E-state index < -0.39 is 0 Å². The Kier molecular flexibility index (Phi) is 4.90. The van der Waals surface area contributed by atoms with E-state index in [1.165, 1.54) is 0 Å². The standard InChI is InChI=1S/C17H14ClN3OS/c18-13-5-3-12(4-6-13)16-8-7-15(22-16)11-20-17(23)21-14-2-1-9-19-10-14/h1-10H,11H2,(H2,20,21,23). The van der Waals surface area contributed by atoms with E-state index in [2.05, 4.69) is 15.6 Å². The number of benzene rings is 1. The quantitative estimate of drug-likeness (QED) is 0.684. The lowest BCUT2D eigenvalue weighted by molar-refractivity contribution is 0.516. The second kappa shape index (κ2) is 7.26. The monoisotopic (exact) mass is 343 g/mol. The molecule has 0 bridgehead atoms. The number of hydrogen-bond acceptors (Lipinski definition) is 3. The van der Waals surface area contributed by atoms with E-state index in [1.807, 2.05) is 48.5 Å². The summed E-state index contributed by atoms with van der Waals surface area (Å²) in [5.41, 5.74) is 1.82. The van der Waals surface area contributed by atoms with Gasteiger partial charge in [-0.15, -0.1) is 0 Å². The summed E-state index contributed by atoms with van der Waals surface area (Å²) in [7, 11) is 0. The van der Waals surface area contributed by atoms with Crippen molar-refractivity contribution in [2.75, 3.05) is 5.32 Å². The Bertz CT molecular complexity index is 787. The maximum atomic E-state index is 5.89. The molecule has 23 heavy (non-hydrogen) atoms. The number of aromatic nitrogens is 1. The molecule has 116 valence electrons. The number of pyridine rings is 1. The highest BCUT2D eigenvalue weighted by Gasteiger charge is 2.05. The van der Waals surface area contributed by atoms with Crippen molar-refractivity contribution in [3.63, 3.8) is 0 Å². The first-order valence-electron chi connectivity index (χ1n) is 7.00. The number of anilines is 1. The lowest BCUT2D eigenvalue weighted by atomic mass is 10.2. The van der Waals surface area contributed by atoms with Gasteiger partial charge in [-0.05, 0) is 60.7 Å². The van der Waals surface area contributed by atoms with E-state index in [1.54, 1.807) is 12.4 Å². The van der Waals surface area contributed by atoms with Gasteiger partial charge in [0.1, 0.15) is 11.5 Å².